The molecule has 0 unspecified atom stereocenters. The Labute approximate surface area is 153 Å². The summed E-state index contributed by atoms with van der Waals surface area (Å²) in [6.07, 6.45) is 4.10. The summed E-state index contributed by atoms with van der Waals surface area (Å²) < 4.78 is 5.67. The number of hydrogen-bond donors (Lipinski definition) is 0. The van der Waals surface area contributed by atoms with E-state index in [0.717, 1.165) is 62.1 Å². The van der Waals surface area contributed by atoms with E-state index in [1.807, 2.05) is 30.3 Å². The quantitative estimate of drug-likeness (QED) is 0.597. The SMILES string of the molecule is CCCCOc1ccc(C=C2SC(N3CCN(C)CC3)=NC2=O)cc1. The lowest BCUT2D eigenvalue weighted by Gasteiger charge is -2.32. The Morgan fingerprint density at radius 2 is 1.92 bits per heavy atom. The minimum atomic E-state index is -0.137. The van der Waals surface area contributed by atoms with E-state index in [4.69, 9.17) is 4.74 Å². The fraction of sp³-hybridized carbons (Fsp3) is 0.474. The molecule has 5 nitrogen and oxygen atoms in total. The van der Waals surface area contributed by atoms with Crippen molar-refractivity contribution in [1.82, 2.24) is 9.80 Å². The van der Waals surface area contributed by atoms with Crippen LogP contribution in [0.1, 0.15) is 25.3 Å². The van der Waals surface area contributed by atoms with E-state index in [9.17, 15) is 4.79 Å². The number of carbonyl (C=O) groups is 1. The van der Waals surface area contributed by atoms with E-state index in [1.54, 1.807) is 0 Å². The summed E-state index contributed by atoms with van der Waals surface area (Å²) in [5.74, 6) is 0.734. The predicted molar refractivity (Wildman–Crippen MR) is 104 cm³/mol. The largest absolute Gasteiger partial charge is 0.494 e. The van der Waals surface area contributed by atoms with Crippen LogP contribution in [-0.2, 0) is 4.79 Å². The lowest BCUT2D eigenvalue weighted by atomic mass is 10.2. The zero-order valence-electron chi connectivity index (χ0n) is 14.9. The first-order chi connectivity index (χ1) is 12.2. The Balaban J connectivity index is 1.60. The summed E-state index contributed by atoms with van der Waals surface area (Å²) in [5, 5.41) is 0.837. The number of likely N-dealkylation sites (N-methyl/N-ethyl adjacent to an activating group) is 1. The van der Waals surface area contributed by atoms with Crippen LogP contribution in [0.3, 0.4) is 0 Å². The van der Waals surface area contributed by atoms with Crippen LogP contribution in [0.2, 0.25) is 0 Å². The van der Waals surface area contributed by atoms with Crippen LogP contribution in [0.4, 0.5) is 0 Å². The van der Waals surface area contributed by atoms with Gasteiger partial charge in [-0.05, 0) is 49.0 Å². The molecule has 1 aromatic rings. The Morgan fingerprint density at radius 3 is 2.60 bits per heavy atom. The molecular weight excluding hydrogens is 334 g/mol. The van der Waals surface area contributed by atoms with E-state index in [-0.39, 0.29) is 5.91 Å². The maximum Gasteiger partial charge on any atom is 0.286 e. The summed E-state index contributed by atoms with van der Waals surface area (Å²) >= 11 is 1.48. The molecule has 1 amide bonds. The molecule has 0 atom stereocenters. The maximum atomic E-state index is 12.2. The van der Waals surface area contributed by atoms with Crippen molar-refractivity contribution in [3.63, 3.8) is 0 Å². The van der Waals surface area contributed by atoms with Crippen LogP contribution in [0.25, 0.3) is 6.08 Å². The van der Waals surface area contributed by atoms with Gasteiger partial charge in [0.15, 0.2) is 5.17 Å². The average molecular weight is 359 g/mol. The number of unbranched alkanes of at least 4 members (excludes halogenated alkanes) is 1. The molecule has 1 aromatic carbocycles. The minimum Gasteiger partial charge on any atom is -0.494 e. The Morgan fingerprint density at radius 1 is 1.20 bits per heavy atom. The molecule has 0 bridgehead atoms. The van der Waals surface area contributed by atoms with Crippen LogP contribution in [0.15, 0.2) is 34.2 Å². The third kappa shape index (κ3) is 4.86. The second-order valence-corrected chi connectivity index (χ2v) is 7.38. The number of hydrogen-bond acceptors (Lipinski definition) is 5. The van der Waals surface area contributed by atoms with Crippen molar-refractivity contribution in [3.05, 3.63) is 34.7 Å². The molecule has 0 saturated carbocycles. The Kier molecular flexibility index (Phi) is 6.15. The first-order valence-electron chi connectivity index (χ1n) is 8.84. The molecule has 1 saturated heterocycles. The van der Waals surface area contributed by atoms with Gasteiger partial charge >= 0.3 is 0 Å². The highest BCUT2D eigenvalue weighted by atomic mass is 32.2. The van der Waals surface area contributed by atoms with Crippen molar-refractivity contribution < 1.29 is 9.53 Å². The molecule has 134 valence electrons. The van der Waals surface area contributed by atoms with Crippen LogP contribution in [0.5, 0.6) is 5.75 Å². The van der Waals surface area contributed by atoms with E-state index in [2.05, 4.69) is 28.8 Å². The molecular formula is C19H25N3O2S. The van der Waals surface area contributed by atoms with Gasteiger partial charge in [-0.3, -0.25) is 4.79 Å². The molecule has 0 aliphatic carbocycles. The monoisotopic (exact) mass is 359 g/mol. The van der Waals surface area contributed by atoms with Crippen molar-refractivity contribution in [1.29, 1.82) is 0 Å². The average Bonchev–Trinajstić information content (AvgIpc) is 2.98. The summed E-state index contributed by atoms with van der Waals surface area (Å²) in [4.78, 5) is 21.6. The second kappa shape index (κ2) is 8.54. The highest BCUT2D eigenvalue weighted by molar-refractivity contribution is 8.18. The minimum absolute atomic E-state index is 0.137. The van der Waals surface area contributed by atoms with Crippen LogP contribution in [-0.4, -0.2) is 60.7 Å². The first kappa shape index (κ1) is 18.0. The van der Waals surface area contributed by atoms with E-state index < -0.39 is 0 Å². The van der Waals surface area contributed by atoms with Gasteiger partial charge in [0.05, 0.1) is 11.5 Å². The molecule has 2 aliphatic rings. The highest BCUT2D eigenvalue weighted by Gasteiger charge is 2.27. The third-order valence-electron chi connectivity index (χ3n) is 4.33. The maximum absolute atomic E-state index is 12.2. The van der Waals surface area contributed by atoms with Gasteiger partial charge in [0.2, 0.25) is 0 Å². The van der Waals surface area contributed by atoms with Crippen LogP contribution < -0.4 is 4.74 Å². The van der Waals surface area contributed by atoms with Crippen LogP contribution >= 0.6 is 11.8 Å². The highest BCUT2D eigenvalue weighted by Crippen LogP contribution is 2.30. The molecule has 6 heteroatoms. The number of benzene rings is 1. The molecule has 0 spiro atoms. The first-order valence-corrected chi connectivity index (χ1v) is 9.66. The number of amidine groups is 1. The van der Waals surface area contributed by atoms with Crippen molar-refractivity contribution in [2.45, 2.75) is 19.8 Å². The van der Waals surface area contributed by atoms with Gasteiger partial charge in [-0.1, -0.05) is 25.5 Å². The van der Waals surface area contributed by atoms with Crippen molar-refractivity contribution in [2.75, 3.05) is 39.8 Å². The summed E-state index contributed by atoms with van der Waals surface area (Å²) in [5.41, 5.74) is 0.994. The fourth-order valence-electron chi connectivity index (χ4n) is 2.68. The van der Waals surface area contributed by atoms with Crippen LogP contribution in [0, 0.1) is 0 Å². The molecule has 25 heavy (non-hydrogen) atoms. The number of nitrogens with zero attached hydrogens (tertiary/aromatic N) is 3. The van der Waals surface area contributed by atoms with Gasteiger partial charge in [-0.15, -0.1) is 0 Å². The zero-order valence-corrected chi connectivity index (χ0v) is 15.7. The molecule has 0 radical (unpaired) electrons. The standard InChI is InChI=1S/C19H25N3O2S/c1-3-4-13-24-16-7-5-15(6-8-16)14-17-18(23)20-19(25-17)22-11-9-21(2)10-12-22/h5-8,14H,3-4,9-13H2,1-2H3. The van der Waals surface area contributed by atoms with Gasteiger partial charge in [-0.25, -0.2) is 0 Å². The number of rotatable bonds is 5. The lowest BCUT2D eigenvalue weighted by molar-refractivity contribution is -0.113. The van der Waals surface area contributed by atoms with Gasteiger partial charge in [0, 0.05) is 26.2 Å². The molecule has 2 aliphatic heterocycles. The smallest absolute Gasteiger partial charge is 0.286 e. The van der Waals surface area contributed by atoms with E-state index >= 15 is 0 Å². The molecule has 3 rings (SSSR count). The number of piperazine rings is 1. The van der Waals surface area contributed by atoms with Crippen molar-refractivity contribution in [3.8, 4) is 5.75 Å². The van der Waals surface area contributed by atoms with Crippen molar-refractivity contribution >= 4 is 28.9 Å². The lowest BCUT2D eigenvalue weighted by Crippen LogP contribution is -2.46. The third-order valence-corrected chi connectivity index (χ3v) is 5.37. The van der Waals surface area contributed by atoms with Crippen molar-refractivity contribution in [2.24, 2.45) is 4.99 Å². The van der Waals surface area contributed by atoms with Gasteiger partial charge < -0.3 is 14.5 Å². The normalized spacial score (nSPS) is 20.2. The fourth-order valence-corrected chi connectivity index (χ4v) is 3.64. The molecule has 0 aromatic heterocycles. The summed E-state index contributed by atoms with van der Waals surface area (Å²) in [6, 6.07) is 7.87. The predicted octanol–water partition coefficient (Wildman–Crippen LogP) is 3.08. The van der Waals surface area contributed by atoms with Gasteiger partial charge in [0.1, 0.15) is 5.75 Å². The molecule has 2 heterocycles. The number of ether oxygens (including phenoxy) is 1. The number of aliphatic imine (C=N–C) groups is 1. The Hall–Kier alpha value is -1.79. The summed E-state index contributed by atoms with van der Waals surface area (Å²) in [6.45, 7) is 6.75. The number of thioether (sulfide) groups is 1. The topological polar surface area (TPSA) is 45.1 Å². The van der Waals surface area contributed by atoms with E-state index in [1.165, 1.54) is 11.8 Å². The number of amides is 1. The zero-order chi connectivity index (χ0) is 17.6. The van der Waals surface area contributed by atoms with E-state index in [0.29, 0.717) is 4.91 Å². The second-order valence-electron chi connectivity index (χ2n) is 6.37. The summed E-state index contributed by atoms with van der Waals surface area (Å²) in [7, 11) is 2.12. The molecule has 1 fully saturated rings. The number of carbonyl (C=O) groups excluding carboxylic acids is 1. The van der Waals surface area contributed by atoms with Gasteiger partial charge in [0.25, 0.3) is 5.91 Å². The molecule has 0 N–H and O–H groups in total. The Bertz CT molecular complexity index is 662. The van der Waals surface area contributed by atoms with Gasteiger partial charge in [-0.2, -0.15) is 4.99 Å².